The van der Waals surface area contributed by atoms with E-state index in [1.807, 2.05) is 6.26 Å². The average Bonchev–Trinajstić information content (AvgIpc) is 3.36. The lowest BCUT2D eigenvalue weighted by Gasteiger charge is -2.23. The number of phosphoric ester groups is 1. The summed E-state index contributed by atoms with van der Waals surface area (Å²) in [5.74, 6) is 2.86. The molecule has 8 N–H and O–H groups in total. The lowest BCUT2D eigenvalue weighted by Crippen LogP contribution is -2.39. The van der Waals surface area contributed by atoms with Crippen molar-refractivity contribution in [3.05, 3.63) is 12.7 Å². The monoisotopic (exact) mass is 651 g/mol. The van der Waals surface area contributed by atoms with Crippen LogP contribution in [0.4, 0.5) is 5.82 Å². The van der Waals surface area contributed by atoms with Crippen molar-refractivity contribution in [2.24, 2.45) is 5.73 Å². The van der Waals surface area contributed by atoms with Crippen LogP contribution in [-0.4, -0.2) is 71.2 Å². The number of rotatable bonds is 12. The minimum Gasteiger partial charge on any atom is -0.380 e. The molecule has 3 heterocycles. The quantitative estimate of drug-likeness (QED) is 0.0597. The molecule has 0 radical (unpaired) electrons. The fourth-order valence-electron chi connectivity index (χ4n) is 3.51. The third-order valence-corrected chi connectivity index (χ3v) is 10.5. The Labute approximate surface area is 229 Å². The molecule has 18 nitrogen and oxygen atoms in total. The summed E-state index contributed by atoms with van der Waals surface area (Å²) in [5, 5.41) is 0. The first-order valence-corrected chi connectivity index (χ1v) is 17.8. The van der Waals surface area contributed by atoms with Gasteiger partial charge in [-0.05, 0) is 19.1 Å². The summed E-state index contributed by atoms with van der Waals surface area (Å²) in [6, 6.07) is 2.82. The van der Waals surface area contributed by atoms with Crippen LogP contribution < -0.4 is 16.0 Å². The van der Waals surface area contributed by atoms with Crippen LogP contribution in [0.3, 0.4) is 0 Å². The third kappa shape index (κ3) is 9.20. The van der Waals surface area contributed by atoms with E-state index in [9.17, 15) is 23.5 Å². The smallest absolute Gasteiger partial charge is 0.380 e. The van der Waals surface area contributed by atoms with Crippen molar-refractivity contribution in [3.63, 3.8) is 0 Å². The van der Waals surface area contributed by atoms with Crippen LogP contribution >= 0.6 is 45.1 Å². The first-order chi connectivity index (χ1) is 18.1. The molecule has 3 rings (SSSR count). The molecule has 0 bridgehead atoms. The van der Waals surface area contributed by atoms with Gasteiger partial charge in [0.15, 0.2) is 18.4 Å². The van der Waals surface area contributed by atoms with Crippen molar-refractivity contribution in [3.8, 4) is 12.0 Å². The molecule has 218 valence electrons. The molecule has 1 aliphatic rings. The van der Waals surface area contributed by atoms with E-state index < -0.39 is 48.5 Å². The minimum atomic E-state index is -5.68. The van der Waals surface area contributed by atoms with Gasteiger partial charge in [0.25, 0.3) is 0 Å². The Morgan fingerprint density at radius 3 is 2.62 bits per heavy atom. The minimum absolute atomic E-state index is 0.0801. The van der Waals surface area contributed by atoms with Crippen molar-refractivity contribution in [2.75, 3.05) is 25.1 Å². The Morgan fingerprint density at radius 1 is 1.26 bits per heavy atom. The van der Waals surface area contributed by atoms with Crippen LogP contribution in [0.5, 0.6) is 0 Å². The van der Waals surface area contributed by atoms with Crippen molar-refractivity contribution in [1.29, 1.82) is 0 Å². The topological polar surface area (TPSA) is 265 Å². The van der Waals surface area contributed by atoms with Gasteiger partial charge >= 0.3 is 29.1 Å². The van der Waals surface area contributed by atoms with E-state index in [1.165, 1.54) is 32.5 Å². The van der Waals surface area contributed by atoms with E-state index in [1.54, 1.807) is 17.8 Å². The Balaban J connectivity index is 1.85. The number of hydrogen-bond donors (Lipinski definition) is 6. The molecule has 23 heteroatoms. The Kier molecular flexibility index (Phi) is 11.0. The summed E-state index contributed by atoms with van der Waals surface area (Å²) in [6.45, 7) is 1.17. The second-order valence-electron chi connectivity index (χ2n) is 7.57. The number of aromatic nitrogens is 4. The Bertz CT molecular complexity index is 1380. The SMILES string of the molecule is CSS[C@H](C)OC1C[C@H]([n+]2cn(C#CCN)c3c(N)ncnc32)O[C@@H]1COP(=O)(O)OP(=O)(O)OP(=O)(O)O. The molecule has 1 saturated heterocycles. The van der Waals surface area contributed by atoms with E-state index in [4.69, 9.17) is 35.3 Å². The highest BCUT2D eigenvalue weighted by atomic mass is 33.1. The number of fused-ring (bicyclic) bond motifs is 1. The number of nitrogens with two attached hydrogens (primary N) is 2. The van der Waals surface area contributed by atoms with Crippen molar-refractivity contribution < 1.29 is 60.5 Å². The van der Waals surface area contributed by atoms with Crippen LogP contribution in [0, 0.1) is 12.0 Å². The van der Waals surface area contributed by atoms with E-state index in [0.717, 1.165) is 0 Å². The molecule has 2 aromatic rings. The zero-order valence-electron chi connectivity index (χ0n) is 20.2. The average molecular weight is 651 g/mol. The van der Waals surface area contributed by atoms with Gasteiger partial charge in [-0.25, -0.2) is 18.3 Å². The Hall–Kier alpha value is -1.10. The summed E-state index contributed by atoms with van der Waals surface area (Å²) in [4.78, 5) is 44.9. The van der Waals surface area contributed by atoms with Crippen molar-refractivity contribution in [1.82, 2.24) is 14.5 Å². The molecular formula is C16H26N6O12P3S2+. The molecule has 1 fully saturated rings. The number of nitrogen functional groups attached to an aromatic ring is 1. The Morgan fingerprint density at radius 2 is 1.97 bits per heavy atom. The van der Waals surface area contributed by atoms with Crippen molar-refractivity contribution >= 4 is 62.0 Å². The van der Waals surface area contributed by atoms with Gasteiger partial charge in [-0.2, -0.15) is 18.2 Å². The van der Waals surface area contributed by atoms with Gasteiger partial charge in [-0.15, -0.1) is 0 Å². The van der Waals surface area contributed by atoms with Gasteiger partial charge in [-0.1, -0.05) is 26.6 Å². The van der Waals surface area contributed by atoms with Gasteiger partial charge < -0.3 is 40.5 Å². The van der Waals surface area contributed by atoms with Gasteiger partial charge in [0.1, 0.15) is 11.5 Å². The largest absolute Gasteiger partial charge is 0.490 e. The summed E-state index contributed by atoms with van der Waals surface area (Å²) in [6.07, 6.45) is 2.34. The molecule has 39 heavy (non-hydrogen) atoms. The highest BCUT2D eigenvalue weighted by Gasteiger charge is 2.45. The predicted octanol–water partition coefficient (Wildman–Crippen LogP) is 0.442. The van der Waals surface area contributed by atoms with Crippen LogP contribution in [0.2, 0.25) is 0 Å². The second kappa shape index (κ2) is 13.3. The number of anilines is 1. The van der Waals surface area contributed by atoms with Crippen LogP contribution in [0.15, 0.2) is 12.7 Å². The molecule has 2 aromatic heterocycles. The number of nitrogens with zero attached hydrogens (tertiary/aromatic N) is 4. The molecule has 0 aromatic carbocycles. The molecule has 0 spiro atoms. The zero-order valence-corrected chi connectivity index (χ0v) is 24.6. The lowest BCUT2D eigenvalue weighted by atomic mass is 10.2. The van der Waals surface area contributed by atoms with Gasteiger partial charge in [0.05, 0.1) is 25.3 Å². The standard InChI is InChI=1S/C16H25N6O12P3S2/c1-10(39-38-2)31-11-6-13(22-9-21(5-3-4-17)14-15(18)19-8-20-16(14)22)32-12(11)7-30-36(26,27)34-37(28,29)33-35(23,24)25/h8-13H,4,6-7,17H2,1-2H3,(H5-,18,19,20,23,24,25,26,27,28,29)/p+1/t10-,11?,12-,13-/m1/s1. The highest BCUT2D eigenvalue weighted by Crippen LogP contribution is 2.66. The maximum atomic E-state index is 12.2. The number of hydrogen-bond acceptors (Lipinski definition) is 14. The van der Waals surface area contributed by atoms with Gasteiger partial charge in [0, 0.05) is 6.42 Å². The number of ether oxygens (including phenoxy) is 2. The molecule has 0 aliphatic carbocycles. The molecule has 1 aliphatic heterocycles. The zero-order chi connectivity index (χ0) is 29.0. The van der Waals surface area contributed by atoms with E-state index in [0.29, 0.717) is 11.2 Å². The first-order valence-electron chi connectivity index (χ1n) is 10.6. The fourth-order valence-corrected chi connectivity index (χ4v) is 7.94. The summed E-state index contributed by atoms with van der Waals surface area (Å²) in [5.41, 5.74) is 11.9. The van der Waals surface area contributed by atoms with Gasteiger partial charge in [-0.3, -0.25) is 4.52 Å². The van der Waals surface area contributed by atoms with Crippen LogP contribution in [-0.2, 0) is 36.3 Å². The first kappa shape index (κ1) is 32.4. The summed E-state index contributed by atoms with van der Waals surface area (Å²) in [7, 11) is -13.7. The van der Waals surface area contributed by atoms with Gasteiger partial charge in [0.2, 0.25) is 11.8 Å². The molecule has 0 amide bonds. The summed E-state index contributed by atoms with van der Waals surface area (Å²) < 4.78 is 62.2. The second-order valence-corrected chi connectivity index (χ2v) is 14.8. The van der Waals surface area contributed by atoms with E-state index in [2.05, 4.69) is 30.6 Å². The maximum Gasteiger partial charge on any atom is 0.490 e. The fraction of sp³-hybridized carbons (Fsp3) is 0.562. The van der Waals surface area contributed by atoms with E-state index >= 15 is 0 Å². The maximum absolute atomic E-state index is 12.2. The van der Waals surface area contributed by atoms with Crippen LogP contribution in [0.1, 0.15) is 19.6 Å². The van der Waals surface area contributed by atoms with Crippen LogP contribution in [0.25, 0.3) is 11.2 Å². The number of phosphoric acid groups is 3. The molecule has 6 atom stereocenters. The predicted molar refractivity (Wildman–Crippen MR) is 138 cm³/mol. The molecule has 0 saturated carbocycles. The van der Waals surface area contributed by atoms with Crippen molar-refractivity contribution in [2.45, 2.75) is 37.2 Å². The number of imidazole rings is 1. The summed E-state index contributed by atoms with van der Waals surface area (Å²) >= 11 is 0. The third-order valence-electron chi connectivity index (χ3n) is 4.76. The molecular weight excluding hydrogens is 625 g/mol. The molecule has 3 unspecified atom stereocenters. The van der Waals surface area contributed by atoms with E-state index in [-0.39, 0.29) is 24.2 Å². The lowest BCUT2D eigenvalue weighted by molar-refractivity contribution is -0.739. The normalized spacial score (nSPS) is 23.6. The highest BCUT2D eigenvalue weighted by molar-refractivity contribution is 8.76.